The lowest BCUT2D eigenvalue weighted by molar-refractivity contribution is -0.0566. The third-order valence-electron chi connectivity index (χ3n) is 2.39. The maximum atomic E-state index is 5.73. The molecule has 0 aromatic carbocycles. The maximum absolute atomic E-state index is 5.73. The van der Waals surface area contributed by atoms with Gasteiger partial charge >= 0.3 is 9.05 Å². The molecule has 0 rings (SSSR count). The Morgan fingerprint density at radius 1 is 0.440 bits per heavy atom. The van der Waals surface area contributed by atoms with Crippen molar-refractivity contribution in [1.82, 2.24) is 0 Å². The molecule has 0 aliphatic carbocycles. The monoisotopic (exact) mass is 376 g/mol. The van der Waals surface area contributed by atoms with Crippen molar-refractivity contribution in [2.75, 3.05) is 52.9 Å². The van der Waals surface area contributed by atoms with Crippen molar-refractivity contribution >= 4 is 9.05 Å². The van der Waals surface area contributed by atoms with E-state index in [-0.39, 0.29) is 52.9 Å². The summed E-state index contributed by atoms with van der Waals surface area (Å²) in [5.74, 6) is 0. The van der Waals surface area contributed by atoms with E-state index in [0.717, 1.165) is 0 Å². The van der Waals surface area contributed by atoms with Crippen molar-refractivity contribution in [1.29, 1.82) is 0 Å². The molecule has 0 unspecified atom stereocenters. The summed E-state index contributed by atoms with van der Waals surface area (Å²) in [6.07, 6.45) is 5.29. The molecule has 0 fully saturated rings. The smallest absolute Gasteiger partial charge is 0.499 e. The summed E-state index contributed by atoms with van der Waals surface area (Å²) in [5, 5.41) is 0. The molecule has 0 atom stereocenters. The van der Waals surface area contributed by atoms with Gasteiger partial charge in [0, 0.05) is 0 Å². The third-order valence-corrected chi connectivity index (χ3v) is 4.62. The Labute approximate surface area is 150 Å². The Bertz CT molecular complexity index is 295. The summed E-state index contributed by atoms with van der Waals surface area (Å²) in [6, 6.07) is 0. The topological polar surface area (TPSA) is 73.8 Å². The van der Waals surface area contributed by atoms with E-state index in [4.69, 9.17) is 36.7 Å². The van der Waals surface area contributed by atoms with Crippen LogP contribution in [0.25, 0.3) is 0 Å². The molecule has 0 N–H and O–H groups in total. The van der Waals surface area contributed by atoms with Crippen molar-refractivity contribution in [3.05, 3.63) is 51.4 Å². The Balaban J connectivity index is 4.71. The molecule has 0 radical (unpaired) electrons. The summed E-state index contributed by atoms with van der Waals surface area (Å²) < 4.78 is 43.1. The van der Waals surface area contributed by atoms with Crippen LogP contribution in [0.2, 0.25) is 0 Å². The fourth-order valence-electron chi connectivity index (χ4n) is 1.44. The van der Waals surface area contributed by atoms with Gasteiger partial charge < -0.3 is 36.7 Å². The molecule has 0 aromatic rings. The molecule has 0 heterocycles. The molecule has 25 heavy (non-hydrogen) atoms. The highest BCUT2D eigenvalue weighted by molar-refractivity contribution is 6.53. The van der Waals surface area contributed by atoms with Crippen LogP contribution in [0.3, 0.4) is 0 Å². The molecular weight excluding hydrogens is 348 g/mol. The highest BCUT2D eigenvalue weighted by Crippen LogP contribution is 2.12. The Hall–Kier alpha value is -1.78. The van der Waals surface area contributed by atoms with Crippen molar-refractivity contribution in [3.63, 3.8) is 0 Å². The minimum Gasteiger partial charge on any atom is -0.499 e. The van der Waals surface area contributed by atoms with Crippen LogP contribution in [0, 0.1) is 0 Å². The lowest BCUT2D eigenvalue weighted by Crippen LogP contribution is -2.51. The van der Waals surface area contributed by atoms with E-state index in [1.54, 1.807) is 0 Å². The summed E-state index contributed by atoms with van der Waals surface area (Å²) in [5.41, 5.74) is 0. The van der Waals surface area contributed by atoms with Crippen LogP contribution in [-0.4, -0.2) is 61.9 Å². The largest absolute Gasteiger partial charge is 0.680 e. The van der Waals surface area contributed by atoms with E-state index in [9.17, 15) is 0 Å². The van der Waals surface area contributed by atoms with Gasteiger partial charge in [0.15, 0.2) is 0 Å². The first-order chi connectivity index (χ1) is 12.2. The van der Waals surface area contributed by atoms with Crippen LogP contribution >= 0.6 is 0 Å². The average molecular weight is 376 g/mol. The molecule has 144 valence electrons. The lowest BCUT2D eigenvalue weighted by atomic mass is 10.8. The number of hydrogen-bond donors (Lipinski definition) is 0. The zero-order valence-electron chi connectivity index (χ0n) is 14.6. The third kappa shape index (κ3) is 13.2. The molecule has 0 amide bonds. The van der Waals surface area contributed by atoms with Gasteiger partial charge in [-0.15, -0.1) is 0 Å². The van der Waals surface area contributed by atoms with E-state index in [1.807, 2.05) is 0 Å². The molecule has 0 bridgehead atoms. The number of ether oxygens (including phenoxy) is 4. The fraction of sp³-hybridized carbons (Fsp3) is 0.500. The van der Waals surface area contributed by atoms with E-state index in [1.165, 1.54) is 25.0 Å². The van der Waals surface area contributed by atoms with Crippen LogP contribution in [0.15, 0.2) is 51.4 Å². The average Bonchev–Trinajstić information content (AvgIpc) is 2.63. The molecule has 0 spiro atoms. The van der Waals surface area contributed by atoms with Crippen LogP contribution in [0.1, 0.15) is 0 Å². The van der Waals surface area contributed by atoms with E-state index in [0.29, 0.717) is 0 Å². The number of hydrogen-bond acceptors (Lipinski definition) is 8. The second-order valence-electron chi connectivity index (χ2n) is 4.04. The van der Waals surface area contributed by atoms with Crippen molar-refractivity contribution < 1.29 is 36.7 Å². The summed E-state index contributed by atoms with van der Waals surface area (Å²) in [7, 11) is -3.45. The highest BCUT2D eigenvalue weighted by atomic mass is 28.4. The van der Waals surface area contributed by atoms with Gasteiger partial charge in [-0.3, -0.25) is 0 Å². The molecule has 0 aromatic heterocycles. The van der Waals surface area contributed by atoms with Crippen molar-refractivity contribution in [2.45, 2.75) is 0 Å². The normalized spacial score (nSPS) is 10.6. The predicted molar refractivity (Wildman–Crippen MR) is 94.2 cm³/mol. The van der Waals surface area contributed by atoms with Gasteiger partial charge in [0.05, 0.1) is 51.5 Å². The van der Waals surface area contributed by atoms with Crippen LogP contribution in [-0.2, 0) is 36.7 Å². The lowest BCUT2D eigenvalue weighted by Gasteiger charge is -2.28. The van der Waals surface area contributed by atoms with Gasteiger partial charge in [-0.05, 0) is 0 Å². The zero-order valence-corrected chi connectivity index (χ0v) is 15.6. The first-order valence-electron chi connectivity index (χ1n) is 7.70. The second kappa shape index (κ2) is 17.1. The van der Waals surface area contributed by atoms with E-state index < -0.39 is 9.05 Å². The van der Waals surface area contributed by atoms with Gasteiger partial charge in [-0.25, -0.2) is 0 Å². The second-order valence-corrected chi connectivity index (χ2v) is 6.20. The summed E-state index contributed by atoms with van der Waals surface area (Å²) in [4.78, 5) is 0. The Morgan fingerprint density at radius 3 is 0.880 bits per heavy atom. The SMILES string of the molecule is C=COCCO[Si](OCCOC=C)(OCCOC=C)OCCOC=C. The molecule has 8 nitrogen and oxygen atoms in total. The van der Waals surface area contributed by atoms with Gasteiger partial charge in [-0.2, -0.15) is 0 Å². The molecule has 9 heteroatoms. The van der Waals surface area contributed by atoms with E-state index >= 15 is 0 Å². The van der Waals surface area contributed by atoms with Crippen molar-refractivity contribution in [2.24, 2.45) is 0 Å². The van der Waals surface area contributed by atoms with Crippen LogP contribution < -0.4 is 0 Å². The molecule has 0 saturated heterocycles. The fourth-order valence-corrected chi connectivity index (χ4v) is 3.28. The molecular formula is C16H28O8Si. The van der Waals surface area contributed by atoms with Crippen LogP contribution in [0.4, 0.5) is 0 Å². The van der Waals surface area contributed by atoms with Crippen molar-refractivity contribution in [3.8, 4) is 0 Å². The van der Waals surface area contributed by atoms with Crippen LogP contribution in [0.5, 0.6) is 0 Å². The van der Waals surface area contributed by atoms with E-state index in [2.05, 4.69) is 26.3 Å². The minimum absolute atomic E-state index is 0.200. The number of rotatable bonds is 20. The van der Waals surface area contributed by atoms with Gasteiger partial charge in [0.1, 0.15) is 26.4 Å². The molecule has 0 saturated carbocycles. The molecule has 0 aliphatic heterocycles. The van der Waals surface area contributed by atoms with Gasteiger partial charge in [0.2, 0.25) is 0 Å². The first kappa shape index (κ1) is 23.2. The Morgan fingerprint density at radius 2 is 0.680 bits per heavy atom. The predicted octanol–water partition coefficient (Wildman–Crippen LogP) is 2.13. The Kier molecular flexibility index (Phi) is 15.8. The van der Waals surface area contributed by atoms with Gasteiger partial charge in [0.25, 0.3) is 0 Å². The summed E-state index contributed by atoms with van der Waals surface area (Å²) in [6.45, 7) is 15.8. The van der Waals surface area contributed by atoms with Gasteiger partial charge in [-0.1, -0.05) is 26.3 Å². The first-order valence-corrected chi connectivity index (χ1v) is 9.33. The minimum atomic E-state index is -3.45. The quantitative estimate of drug-likeness (QED) is 0.182. The zero-order chi connectivity index (χ0) is 18.6. The maximum Gasteiger partial charge on any atom is 0.680 e. The summed E-state index contributed by atoms with van der Waals surface area (Å²) >= 11 is 0. The molecule has 0 aliphatic rings. The highest BCUT2D eigenvalue weighted by Gasteiger charge is 2.46. The standard InChI is InChI=1S/C16H28O8Si/c1-5-17-9-13-21-25(22-14-10-18-6-2,23-15-11-19-7-3)24-16-12-20-8-4/h5-8H,1-4,9-16H2.